The van der Waals surface area contributed by atoms with Crippen LogP contribution in [-0.2, 0) is 15.8 Å². The first-order valence-corrected chi connectivity index (χ1v) is 8.30. The zero-order valence-corrected chi connectivity index (χ0v) is 15.7. The van der Waals surface area contributed by atoms with Gasteiger partial charge in [-0.15, -0.1) is 0 Å². The maximum absolute atomic E-state index is 12.9. The SMILES string of the molecule is CC(=O)Nc1ccc(NC(=O)C(C)n2nc(C(F)(F)F)c(Br)c2C)cc1. The molecule has 2 aromatic rings. The van der Waals surface area contributed by atoms with Gasteiger partial charge in [0.2, 0.25) is 11.8 Å². The number of halogens is 4. The number of alkyl halides is 3. The van der Waals surface area contributed by atoms with E-state index in [1.165, 1.54) is 20.8 Å². The summed E-state index contributed by atoms with van der Waals surface area (Å²) in [7, 11) is 0. The predicted octanol–water partition coefficient (Wildman–Crippen LogP) is 4.13. The van der Waals surface area contributed by atoms with E-state index in [1.54, 1.807) is 24.3 Å². The van der Waals surface area contributed by atoms with Crippen LogP contribution in [0.25, 0.3) is 0 Å². The van der Waals surface area contributed by atoms with Crippen molar-refractivity contribution in [2.75, 3.05) is 10.6 Å². The number of nitrogens with one attached hydrogen (secondary N) is 2. The van der Waals surface area contributed by atoms with Crippen molar-refractivity contribution in [1.82, 2.24) is 9.78 Å². The molecule has 0 spiro atoms. The smallest absolute Gasteiger partial charge is 0.326 e. The van der Waals surface area contributed by atoms with Crippen LogP contribution in [-0.4, -0.2) is 21.6 Å². The molecule has 2 N–H and O–H groups in total. The van der Waals surface area contributed by atoms with Gasteiger partial charge in [0.25, 0.3) is 0 Å². The lowest BCUT2D eigenvalue weighted by Gasteiger charge is -2.15. The normalized spacial score (nSPS) is 12.6. The topological polar surface area (TPSA) is 76.0 Å². The van der Waals surface area contributed by atoms with Gasteiger partial charge in [0.1, 0.15) is 6.04 Å². The van der Waals surface area contributed by atoms with E-state index in [0.29, 0.717) is 11.4 Å². The zero-order chi connectivity index (χ0) is 19.6. The molecule has 1 atom stereocenters. The maximum Gasteiger partial charge on any atom is 0.436 e. The van der Waals surface area contributed by atoms with Crippen LogP contribution in [0.15, 0.2) is 28.7 Å². The summed E-state index contributed by atoms with van der Waals surface area (Å²) in [5.41, 5.74) is 0.122. The molecule has 0 aliphatic rings. The molecule has 26 heavy (non-hydrogen) atoms. The van der Waals surface area contributed by atoms with Crippen LogP contribution in [0, 0.1) is 6.92 Å². The Hall–Kier alpha value is -2.36. The molecule has 1 aromatic carbocycles. The van der Waals surface area contributed by atoms with Crippen molar-refractivity contribution >= 4 is 39.1 Å². The average molecular weight is 433 g/mol. The van der Waals surface area contributed by atoms with Gasteiger partial charge in [-0.25, -0.2) is 0 Å². The molecule has 1 unspecified atom stereocenters. The van der Waals surface area contributed by atoms with E-state index in [4.69, 9.17) is 0 Å². The molecule has 1 aromatic heterocycles. The molecule has 10 heteroatoms. The van der Waals surface area contributed by atoms with Gasteiger partial charge in [-0.3, -0.25) is 14.3 Å². The lowest BCUT2D eigenvalue weighted by atomic mass is 10.2. The average Bonchev–Trinajstić information content (AvgIpc) is 2.84. The molecule has 6 nitrogen and oxygen atoms in total. The third kappa shape index (κ3) is 4.43. The highest BCUT2D eigenvalue weighted by Crippen LogP contribution is 2.36. The van der Waals surface area contributed by atoms with Crippen LogP contribution < -0.4 is 10.6 Å². The molecule has 0 radical (unpaired) electrons. The molecule has 0 saturated carbocycles. The Labute approximate surface area is 155 Å². The number of amides is 2. The summed E-state index contributed by atoms with van der Waals surface area (Å²) >= 11 is 2.88. The number of anilines is 2. The first kappa shape index (κ1) is 20.0. The van der Waals surface area contributed by atoms with Crippen molar-refractivity contribution in [3.63, 3.8) is 0 Å². The fourth-order valence-electron chi connectivity index (χ4n) is 2.25. The molecular weight excluding hydrogens is 417 g/mol. The number of rotatable bonds is 4. The molecule has 0 aliphatic heterocycles. The summed E-state index contributed by atoms with van der Waals surface area (Å²) in [5, 5.41) is 8.72. The maximum atomic E-state index is 12.9. The fraction of sp³-hybridized carbons (Fsp3) is 0.312. The third-order valence-electron chi connectivity index (χ3n) is 3.56. The minimum atomic E-state index is -4.62. The van der Waals surface area contributed by atoms with Crippen LogP contribution in [0.3, 0.4) is 0 Å². The number of carbonyl (C=O) groups excluding carboxylic acids is 2. The van der Waals surface area contributed by atoms with E-state index in [9.17, 15) is 22.8 Å². The minimum absolute atomic E-state index is 0.190. The molecule has 0 aliphatic carbocycles. The van der Waals surface area contributed by atoms with Gasteiger partial charge >= 0.3 is 6.18 Å². The van der Waals surface area contributed by atoms with Crippen LogP contribution in [0.2, 0.25) is 0 Å². The van der Waals surface area contributed by atoms with Gasteiger partial charge in [-0.05, 0) is 54.0 Å². The quantitative estimate of drug-likeness (QED) is 0.762. The van der Waals surface area contributed by atoms with Crippen LogP contribution >= 0.6 is 15.9 Å². The number of carbonyl (C=O) groups is 2. The second-order valence-corrected chi connectivity index (χ2v) is 6.41. The van der Waals surface area contributed by atoms with Crippen molar-refractivity contribution < 1.29 is 22.8 Å². The van der Waals surface area contributed by atoms with Gasteiger partial charge in [-0.2, -0.15) is 18.3 Å². The molecule has 0 bridgehead atoms. The van der Waals surface area contributed by atoms with Crippen LogP contribution in [0.1, 0.15) is 31.3 Å². The number of hydrogen-bond acceptors (Lipinski definition) is 3. The Morgan fingerprint density at radius 2 is 1.65 bits per heavy atom. The second-order valence-electron chi connectivity index (χ2n) is 5.61. The van der Waals surface area contributed by atoms with Crippen molar-refractivity contribution in [2.24, 2.45) is 0 Å². The minimum Gasteiger partial charge on any atom is -0.326 e. The van der Waals surface area contributed by atoms with E-state index in [1.807, 2.05) is 0 Å². The summed E-state index contributed by atoms with van der Waals surface area (Å²) < 4.78 is 39.7. The monoisotopic (exact) mass is 432 g/mol. The molecular formula is C16H16BrF3N4O2. The van der Waals surface area contributed by atoms with Crippen LogP contribution in [0.5, 0.6) is 0 Å². The van der Waals surface area contributed by atoms with Gasteiger partial charge < -0.3 is 10.6 Å². The highest BCUT2D eigenvalue weighted by Gasteiger charge is 2.38. The molecule has 2 rings (SSSR count). The van der Waals surface area contributed by atoms with E-state index in [2.05, 4.69) is 31.7 Å². The standard InChI is InChI=1S/C16H16BrF3N4O2/c1-8-13(17)14(16(18,19)20)23-24(8)9(2)15(26)22-12-6-4-11(5-7-12)21-10(3)25/h4-7,9H,1-3H3,(H,21,25)(H,22,26). The summed E-state index contributed by atoms with van der Waals surface area (Å²) in [4.78, 5) is 23.3. The summed E-state index contributed by atoms with van der Waals surface area (Å²) in [6, 6.07) is 5.38. The molecule has 1 heterocycles. The first-order valence-electron chi connectivity index (χ1n) is 7.51. The molecule has 140 valence electrons. The van der Waals surface area contributed by atoms with Gasteiger partial charge in [0.15, 0.2) is 5.69 Å². The molecule has 2 amide bonds. The van der Waals surface area contributed by atoms with E-state index < -0.39 is 23.8 Å². The third-order valence-corrected chi connectivity index (χ3v) is 4.51. The van der Waals surface area contributed by atoms with E-state index in [-0.39, 0.29) is 16.1 Å². The van der Waals surface area contributed by atoms with E-state index >= 15 is 0 Å². The number of hydrogen-bond donors (Lipinski definition) is 2. The zero-order valence-electron chi connectivity index (χ0n) is 14.1. The summed E-state index contributed by atoms with van der Waals surface area (Å²) in [5.74, 6) is -0.750. The Morgan fingerprint density at radius 1 is 1.15 bits per heavy atom. The lowest BCUT2D eigenvalue weighted by Crippen LogP contribution is -2.25. The lowest BCUT2D eigenvalue weighted by molar-refractivity contribution is -0.142. The van der Waals surface area contributed by atoms with Crippen molar-refractivity contribution in [2.45, 2.75) is 33.0 Å². The Balaban J connectivity index is 2.16. The van der Waals surface area contributed by atoms with Crippen molar-refractivity contribution in [1.29, 1.82) is 0 Å². The van der Waals surface area contributed by atoms with E-state index in [0.717, 1.165) is 4.68 Å². The number of nitrogens with zero attached hydrogens (tertiary/aromatic N) is 2. The van der Waals surface area contributed by atoms with Gasteiger partial charge in [-0.1, -0.05) is 0 Å². The molecule has 0 saturated heterocycles. The Morgan fingerprint density at radius 3 is 2.08 bits per heavy atom. The van der Waals surface area contributed by atoms with Gasteiger partial charge in [0.05, 0.1) is 10.2 Å². The molecule has 0 fully saturated rings. The van der Waals surface area contributed by atoms with Crippen molar-refractivity contribution in [3.8, 4) is 0 Å². The number of aromatic nitrogens is 2. The largest absolute Gasteiger partial charge is 0.436 e. The predicted molar refractivity (Wildman–Crippen MR) is 93.8 cm³/mol. The second kappa shape index (κ2) is 7.48. The first-order chi connectivity index (χ1) is 12.0. The fourth-order valence-corrected chi connectivity index (χ4v) is 2.74. The Bertz CT molecular complexity index is 831. The van der Waals surface area contributed by atoms with Crippen LogP contribution in [0.4, 0.5) is 24.5 Å². The van der Waals surface area contributed by atoms with Crippen molar-refractivity contribution in [3.05, 3.63) is 40.1 Å². The van der Waals surface area contributed by atoms with Gasteiger partial charge in [0, 0.05) is 18.3 Å². The number of benzene rings is 1. The summed E-state index contributed by atoms with van der Waals surface area (Å²) in [6.07, 6.45) is -4.62. The highest BCUT2D eigenvalue weighted by molar-refractivity contribution is 9.10. The highest BCUT2D eigenvalue weighted by atomic mass is 79.9. The summed E-state index contributed by atoms with van der Waals surface area (Å²) in [6.45, 7) is 4.27. The Kier molecular flexibility index (Phi) is 5.74.